The second kappa shape index (κ2) is 31.9. The number of likely N-dealkylation sites (tertiary alicyclic amines) is 1. The van der Waals surface area contributed by atoms with Gasteiger partial charge in [0.05, 0.1) is 38.3 Å². The Bertz CT molecular complexity index is 2160. The normalized spacial score (nSPS) is 21.4. The maximum absolute atomic E-state index is 14.2. The third-order valence-electron chi connectivity index (χ3n) is 13.7. The van der Waals surface area contributed by atoms with Gasteiger partial charge < -0.3 is 48.3 Å². The Kier molecular flexibility index (Phi) is 26.9. The number of ether oxygens (including phenoxy) is 7. The zero-order valence-corrected chi connectivity index (χ0v) is 44.9. The molecular weight excluding hydrogens is 955 g/mol. The van der Waals surface area contributed by atoms with Crippen LogP contribution in [0.2, 0.25) is 0 Å². The van der Waals surface area contributed by atoms with E-state index >= 15 is 0 Å². The summed E-state index contributed by atoms with van der Waals surface area (Å²) in [5.74, 6) is -7.62. The van der Waals surface area contributed by atoms with Gasteiger partial charge in [-0.25, -0.2) is 14.4 Å². The van der Waals surface area contributed by atoms with Gasteiger partial charge in [-0.2, -0.15) is 0 Å². The quantitative estimate of drug-likeness (QED) is 0.0111. The van der Waals surface area contributed by atoms with Crippen molar-refractivity contribution in [1.29, 1.82) is 0 Å². The van der Waals surface area contributed by atoms with E-state index in [1.807, 2.05) is 65.0 Å². The average Bonchev–Trinajstić information content (AvgIpc) is 3.37. The first-order chi connectivity index (χ1) is 35.1. The Hall–Kier alpha value is -5.75. The van der Waals surface area contributed by atoms with Crippen molar-refractivity contribution in [3.05, 3.63) is 90.3 Å². The first-order valence-corrected chi connectivity index (χ1v) is 25.9. The second-order valence-electron chi connectivity index (χ2n) is 19.7. The lowest BCUT2D eigenvalue weighted by Crippen LogP contribution is -2.59. The molecule has 0 aliphatic carbocycles. The molecule has 0 unspecified atom stereocenters. The molecule has 10 atom stereocenters. The topological polar surface area (TPSA) is 228 Å². The molecular formula is C57H81NO16. The van der Waals surface area contributed by atoms with E-state index in [1.54, 1.807) is 58.2 Å². The summed E-state index contributed by atoms with van der Waals surface area (Å²) in [5.41, 5.74) is 2.29. The summed E-state index contributed by atoms with van der Waals surface area (Å²) >= 11 is 0. The maximum atomic E-state index is 14.2. The van der Waals surface area contributed by atoms with Gasteiger partial charge in [0.25, 0.3) is 11.7 Å². The molecule has 2 aliphatic rings. The molecule has 0 radical (unpaired) electrons. The number of aliphatic hydroxyl groups excluding tert-OH is 1. The fraction of sp³-hybridized carbons (Fsp3) is 0.596. The molecule has 3 rings (SSSR count). The van der Waals surface area contributed by atoms with E-state index in [2.05, 4.69) is 11.3 Å². The fourth-order valence-electron chi connectivity index (χ4n) is 8.62. The summed E-state index contributed by atoms with van der Waals surface area (Å²) < 4.78 is 36.6. The standard InChI is InChI=1S/C57H81NO16/c1-11-69-55(65)70-29-17-18-30-71-56(66)73-46-26-24-45(25-27-46)34-42(7)51(74-54(64)47-23-15-16-28-58(47)53(63)52(62)57(67)43(8)22-19-31-72-57)36-50(61)41(6)33-40(5)49(60)35-48(59)39(4)32-37(2)20-13-12-14-21-38(3)44(9)68-10/h11-14,20-21,24-27,33,37,39,41-44,47,49,51,60,67H,1,15-19,22-23,28-32,34-36H2,2-10H3/b14-12+,20-13+,38-21+,40-33+/t37-,39-,41-,42-,43-,44+,47+,49+,51+,57-/m1/s1. The van der Waals surface area contributed by atoms with Crippen molar-refractivity contribution in [3.8, 4) is 5.75 Å². The number of ketones is 3. The summed E-state index contributed by atoms with van der Waals surface area (Å²) in [7, 11) is 1.66. The molecule has 2 heterocycles. The SMILES string of the molecule is C=COC(=O)OCCCCOC(=O)Oc1ccc(C[C@@H](C)[C@H](CC(=O)[C@H](C)/C=C(\C)[C@@H](O)CC(=O)[C@H](C)C[C@H](C)/C=C/C=C/C=C(\C)[C@H](C)OC)OC(=O)[C@@H]2CCCCN2C(=O)C(=O)[C@]2(O)OCCC[C@H]2C)cc1. The molecule has 2 aliphatic heterocycles. The number of unbranched alkanes of at least 4 members (excludes halogenated alkanes) is 1. The molecule has 1 aromatic rings. The lowest BCUT2D eigenvalue weighted by Gasteiger charge is -2.39. The number of hydrogen-bond donors (Lipinski definition) is 2. The molecule has 410 valence electrons. The Labute approximate surface area is 437 Å². The minimum Gasteiger partial charge on any atom is -0.460 e. The van der Waals surface area contributed by atoms with Gasteiger partial charge in [-0.1, -0.05) is 89.8 Å². The van der Waals surface area contributed by atoms with Crippen molar-refractivity contribution in [2.45, 2.75) is 156 Å². The van der Waals surface area contributed by atoms with Crippen LogP contribution in [0.1, 0.15) is 125 Å². The van der Waals surface area contributed by atoms with Crippen LogP contribution in [-0.2, 0) is 58.8 Å². The zero-order valence-electron chi connectivity index (χ0n) is 44.9. The lowest BCUT2D eigenvalue weighted by atomic mass is 9.88. The first-order valence-electron chi connectivity index (χ1n) is 25.9. The van der Waals surface area contributed by atoms with Crippen LogP contribution in [0.5, 0.6) is 5.75 Å². The summed E-state index contributed by atoms with van der Waals surface area (Å²) in [6, 6.07) is 5.40. The zero-order chi connectivity index (χ0) is 55.0. The number of piperidine rings is 1. The molecule has 1 amide bonds. The van der Waals surface area contributed by atoms with E-state index in [0.29, 0.717) is 56.9 Å². The van der Waals surface area contributed by atoms with Crippen LogP contribution in [0, 0.1) is 29.6 Å². The molecule has 74 heavy (non-hydrogen) atoms. The lowest BCUT2D eigenvalue weighted by molar-refractivity contribution is -0.241. The third-order valence-corrected chi connectivity index (χ3v) is 13.7. The number of hydrogen-bond acceptors (Lipinski definition) is 16. The number of amides is 1. The van der Waals surface area contributed by atoms with E-state index in [4.69, 9.17) is 28.4 Å². The summed E-state index contributed by atoms with van der Waals surface area (Å²) in [5, 5.41) is 22.3. The van der Waals surface area contributed by atoms with Crippen molar-refractivity contribution >= 4 is 41.5 Å². The van der Waals surface area contributed by atoms with Crippen LogP contribution in [0.25, 0.3) is 0 Å². The van der Waals surface area contributed by atoms with Gasteiger partial charge in [-0.05, 0) is 119 Å². The van der Waals surface area contributed by atoms with Crippen LogP contribution >= 0.6 is 0 Å². The Morgan fingerprint density at radius 1 is 0.865 bits per heavy atom. The number of aliphatic hydroxyl groups is 2. The van der Waals surface area contributed by atoms with Crippen LogP contribution in [-0.4, -0.2) is 120 Å². The highest BCUT2D eigenvalue weighted by molar-refractivity contribution is 6.39. The Morgan fingerprint density at radius 2 is 1.54 bits per heavy atom. The highest BCUT2D eigenvalue weighted by Gasteiger charge is 2.51. The van der Waals surface area contributed by atoms with Crippen LogP contribution < -0.4 is 4.74 Å². The number of rotatable bonds is 29. The maximum Gasteiger partial charge on any atom is 0.513 e. The Balaban J connectivity index is 1.72. The average molecular weight is 1040 g/mol. The predicted octanol–water partition coefficient (Wildman–Crippen LogP) is 9.07. The van der Waals surface area contributed by atoms with Gasteiger partial charge >= 0.3 is 18.3 Å². The van der Waals surface area contributed by atoms with Crippen LogP contribution in [0.15, 0.2) is 84.7 Å². The van der Waals surface area contributed by atoms with Crippen molar-refractivity contribution < 1.29 is 76.9 Å². The van der Waals surface area contributed by atoms with Gasteiger partial charge in [-0.15, -0.1) is 0 Å². The second-order valence-corrected chi connectivity index (χ2v) is 19.7. The summed E-state index contributed by atoms with van der Waals surface area (Å²) in [4.78, 5) is 93.6. The first kappa shape index (κ1) is 62.5. The molecule has 0 spiro atoms. The molecule has 17 heteroatoms. The highest BCUT2D eigenvalue weighted by Crippen LogP contribution is 2.32. The van der Waals surface area contributed by atoms with Crippen molar-refractivity contribution in [3.63, 3.8) is 0 Å². The molecule has 0 saturated carbocycles. The highest BCUT2D eigenvalue weighted by atomic mass is 16.7. The predicted molar refractivity (Wildman–Crippen MR) is 276 cm³/mol. The number of carbonyl (C=O) groups is 7. The molecule has 1 aromatic carbocycles. The number of nitrogens with zero attached hydrogens (tertiary/aromatic N) is 1. The number of esters is 1. The smallest absolute Gasteiger partial charge is 0.460 e. The summed E-state index contributed by atoms with van der Waals surface area (Å²) in [6.45, 7) is 18.1. The number of benzene rings is 1. The van der Waals surface area contributed by atoms with E-state index in [0.717, 1.165) is 22.3 Å². The minimum absolute atomic E-state index is 0.0188. The number of Topliss-reactive ketones (excluding diaryl/α,β-unsaturated/α-hetero) is 3. The fourth-order valence-corrected chi connectivity index (χ4v) is 8.62. The monoisotopic (exact) mass is 1040 g/mol. The minimum atomic E-state index is -2.32. The van der Waals surface area contributed by atoms with Gasteiger partial charge in [-0.3, -0.25) is 19.2 Å². The third kappa shape index (κ3) is 20.5. The van der Waals surface area contributed by atoms with Crippen LogP contribution in [0.4, 0.5) is 9.59 Å². The van der Waals surface area contributed by atoms with Gasteiger partial charge in [0, 0.05) is 44.2 Å². The van der Waals surface area contributed by atoms with E-state index in [9.17, 15) is 43.8 Å². The summed E-state index contributed by atoms with van der Waals surface area (Å²) in [6.07, 6.45) is 12.1. The van der Waals surface area contributed by atoms with Crippen molar-refractivity contribution in [2.24, 2.45) is 29.6 Å². The number of carbonyl (C=O) groups excluding carboxylic acids is 7. The van der Waals surface area contributed by atoms with Gasteiger partial charge in [0.15, 0.2) is 0 Å². The van der Waals surface area contributed by atoms with Gasteiger partial charge in [0.2, 0.25) is 5.79 Å². The Morgan fingerprint density at radius 3 is 2.19 bits per heavy atom. The van der Waals surface area contributed by atoms with E-state index < -0.39 is 71.8 Å². The van der Waals surface area contributed by atoms with Gasteiger partial charge in [0.1, 0.15) is 29.5 Å². The molecule has 17 nitrogen and oxygen atoms in total. The van der Waals surface area contributed by atoms with E-state index in [1.165, 1.54) is 0 Å². The number of methoxy groups -OCH3 is 1. The molecule has 0 bridgehead atoms. The molecule has 2 saturated heterocycles. The number of allylic oxidation sites excluding steroid dienone is 6. The van der Waals surface area contributed by atoms with Crippen molar-refractivity contribution in [2.75, 3.05) is 33.5 Å². The van der Waals surface area contributed by atoms with E-state index in [-0.39, 0.29) is 80.9 Å². The molecule has 2 N–H and O–H groups in total. The molecule has 0 aromatic heterocycles. The van der Waals surface area contributed by atoms with Crippen LogP contribution in [0.3, 0.4) is 0 Å². The largest absolute Gasteiger partial charge is 0.513 e. The van der Waals surface area contributed by atoms with Crippen molar-refractivity contribution in [1.82, 2.24) is 4.90 Å². The molecule has 2 fully saturated rings.